The molecule has 0 amide bonds. The van der Waals surface area contributed by atoms with Crippen LogP contribution in [0, 0.1) is 16.7 Å². The van der Waals surface area contributed by atoms with E-state index in [1.54, 1.807) is 58.0 Å². The minimum Gasteiger partial charge on any atom is -0.459 e. The van der Waals surface area contributed by atoms with Crippen LogP contribution in [0.5, 0.6) is 0 Å². The van der Waals surface area contributed by atoms with Gasteiger partial charge in [-0.2, -0.15) is 0 Å². The van der Waals surface area contributed by atoms with Gasteiger partial charge in [0.05, 0.1) is 29.6 Å². The third-order valence-electron chi connectivity index (χ3n) is 15.9. The molecular formula is C53H63NO13Si. The summed E-state index contributed by atoms with van der Waals surface area (Å²) in [5, 5.41) is 14.2. The summed E-state index contributed by atoms with van der Waals surface area (Å²) in [5.74, 6) is -4.83. The zero-order valence-corrected chi connectivity index (χ0v) is 41.3. The number of esters is 4. The van der Waals surface area contributed by atoms with Crippen molar-refractivity contribution in [2.45, 2.75) is 147 Å². The van der Waals surface area contributed by atoms with Crippen LogP contribution in [0.1, 0.15) is 103 Å². The van der Waals surface area contributed by atoms with Gasteiger partial charge >= 0.3 is 23.9 Å². The molecule has 2 bridgehead atoms. The first-order valence-corrected chi connectivity index (χ1v) is 26.3. The molecule has 14 nitrogen and oxygen atoms in total. The molecule has 5 aliphatic rings. The molecule has 15 heteroatoms. The Morgan fingerprint density at radius 1 is 0.824 bits per heavy atom. The molecule has 3 aliphatic carbocycles. The molecule has 2 aliphatic heterocycles. The molecule has 3 fully saturated rings. The van der Waals surface area contributed by atoms with Crippen molar-refractivity contribution in [1.29, 1.82) is 0 Å². The highest BCUT2D eigenvalue weighted by atomic mass is 28.4. The quantitative estimate of drug-likeness (QED) is 0.0759. The molecule has 3 aromatic rings. The Hall–Kier alpha value is -5.48. The first kappa shape index (κ1) is 49.0. The van der Waals surface area contributed by atoms with Crippen LogP contribution in [-0.4, -0.2) is 103 Å². The molecule has 2 saturated carbocycles. The Kier molecular flexibility index (Phi) is 13.3. The third kappa shape index (κ3) is 8.02. The number of carbonyl (C=O) groups excluding carboxylic acids is 5. The number of hydrogen-bond donors (Lipinski definition) is 1. The number of carbonyl (C=O) groups is 5. The highest BCUT2D eigenvalue weighted by Crippen LogP contribution is 2.65. The summed E-state index contributed by atoms with van der Waals surface area (Å²) in [6.45, 7) is 15.2. The largest absolute Gasteiger partial charge is 0.459 e. The highest BCUT2D eigenvalue weighted by Gasteiger charge is 2.79. The summed E-state index contributed by atoms with van der Waals surface area (Å²) in [6, 6.07) is 28.0. The molecule has 68 heavy (non-hydrogen) atoms. The number of rotatable bonds is 13. The molecule has 11 atom stereocenters. The summed E-state index contributed by atoms with van der Waals surface area (Å²) in [5.41, 5.74) is -5.22. The summed E-state index contributed by atoms with van der Waals surface area (Å²) in [4.78, 5) is 77.7. The predicted octanol–water partition coefficient (Wildman–Crippen LogP) is 7.82. The lowest BCUT2D eigenvalue weighted by molar-refractivity contribution is -0.344. The third-order valence-corrected chi connectivity index (χ3v) is 20.6. The van der Waals surface area contributed by atoms with Crippen LogP contribution in [-0.2, 0) is 52.0 Å². The van der Waals surface area contributed by atoms with Gasteiger partial charge in [0.25, 0.3) is 0 Å². The number of nitrogens with zero attached hydrogens (tertiary/aromatic N) is 1. The van der Waals surface area contributed by atoms with Crippen LogP contribution in [0.25, 0.3) is 0 Å². The number of fused-ring (bicyclic) bond motifs is 5. The lowest BCUT2D eigenvalue weighted by Gasteiger charge is -2.68. The normalized spacial score (nSPS) is 32.7. The molecular weight excluding hydrogens is 887 g/mol. The Morgan fingerprint density at radius 3 is 1.99 bits per heavy atom. The van der Waals surface area contributed by atoms with Crippen molar-refractivity contribution in [3.63, 3.8) is 0 Å². The van der Waals surface area contributed by atoms with E-state index < -0.39 is 109 Å². The van der Waals surface area contributed by atoms with Crippen molar-refractivity contribution in [3.05, 3.63) is 119 Å². The second-order valence-corrected chi connectivity index (χ2v) is 24.4. The number of benzene rings is 3. The van der Waals surface area contributed by atoms with E-state index in [-0.39, 0.29) is 36.5 Å². The van der Waals surface area contributed by atoms with Crippen molar-refractivity contribution in [1.82, 2.24) is 0 Å². The minimum atomic E-state index is -2.60. The lowest BCUT2D eigenvalue weighted by atomic mass is 9.44. The van der Waals surface area contributed by atoms with Gasteiger partial charge in [-0.05, 0) is 73.0 Å². The summed E-state index contributed by atoms with van der Waals surface area (Å²) >= 11 is 0. The fourth-order valence-corrected chi connectivity index (χ4v) is 14.8. The van der Waals surface area contributed by atoms with Crippen molar-refractivity contribution in [3.8, 4) is 0 Å². The van der Waals surface area contributed by atoms with Gasteiger partial charge in [0.2, 0.25) is 12.0 Å². The smallest absolute Gasteiger partial charge is 0.350 e. The first-order chi connectivity index (χ1) is 32.3. The maximum atomic E-state index is 16.4. The Morgan fingerprint density at radius 2 is 1.43 bits per heavy atom. The second-order valence-electron chi connectivity index (χ2n) is 19.7. The number of ether oxygens (including phenoxy) is 6. The molecule has 1 N–H and O–H groups in total. The minimum absolute atomic E-state index is 0.115. The van der Waals surface area contributed by atoms with Crippen LogP contribution in [0.2, 0.25) is 18.1 Å². The Labute approximate surface area is 398 Å². The highest BCUT2D eigenvalue weighted by molar-refractivity contribution is 6.73. The lowest BCUT2D eigenvalue weighted by Crippen LogP contribution is -2.82. The average Bonchev–Trinajstić information content (AvgIpc) is 3.78. The molecule has 0 unspecified atom stereocenters. The van der Waals surface area contributed by atoms with Gasteiger partial charge in [-0.25, -0.2) is 14.6 Å². The molecule has 8 rings (SSSR count). The van der Waals surface area contributed by atoms with Crippen molar-refractivity contribution >= 4 is 43.9 Å². The SMILES string of the molecule is CC[Si](CC)(CC)O[C@H]1C[C@H]2OC[C@@]2(OC(C)=O)[C@H]2[C@H](OC(=O)c3ccccc3)[C@]3(O)C[C@H](OC(=O)[C@@H]4OC(c5ccccc5)=N[C@H]4c4ccccc4)C(C)=C([C@@H](OC(C)=O)C(=O)[C@]12C)C3(C)C. The fraction of sp³-hybridized carbons (Fsp3) is 0.509. The van der Waals surface area contributed by atoms with E-state index in [4.69, 9.17) is 37.8 Å². The fourth-order valence-electron chi connectivity index (χ4n) is 11.9. The maximum absolute atomic E-state index is 16.4. The molecule has 0 radical (unpaired) electrons. The number of Topliss-reactive ketones (excluding diaryl/α,β-unsaturated/α-hetero) is 1. The molecule has 2 heterocycles. The van der Waals surface area contributed by atoms with Gasteiger partial charge in [0.1, 0.15) is 30.0 Å². The van der Waals surface area contributed by atoms with Crippen LogP contribution < -0.4 is 0 Å². The van der Waals surface area contributed by atoms with Crippen LogP contribution in [0.4, 0.5) is 0 Å². The molecule has 362 valence electrons. The number of aliphatic hydroxyl groups is 1. The van der Waals surface area contributed by atoms with Gasteiger partial charge in [0, 0.05) is 37.7 Å². The van der Waals surface area contributed by atoms with Crippen molar-refractivity contribution in [2.75, 3.05) is 6.61 Å². The van der Waals surface area contributed by atoms with Crippen LogP contribution in [0.15, 0.2) is 107 Å². The van der Waals surface area contributed by atoms with Gasteiger partial charge in [-0.1, -0.05) is 101 Å². The molecule has 3 aromatic carbocycles. The first-order valence-electron chi connectivity index (χ1n) is 23.8. The van der Waals surface area contributed by atoms with Crippen molar-refractivity contribution in [2.24, 2.45) is 21.7 Å². The zero-order chi connectivity index (χ0) is 49.0. The van der Waals surface area contributed by atoms with E-state index >= 15 is 4.79 Å². The van der Waals surface area contributed by atoms with Crippen LogP contribution in [0.3, 0.4) is 0 Å². The van der Waals surface area contributed by atoms with E-state index in [0.29, 0.717) is 34.8 Å². The monoisotopic (exact) mass is 949 g/mol. The number of hydrogen-bond acceptors (Lipinski definition) is 14. The average molecular weight is 950 g/mol. The zero-order valence-electron chi connectivity index (χ0n) is 40.3. The Bertz CT molecular complexity index is 2480. The summed E-state index contributed by atoms with van der Waals surface area (Å²) in [6.07, 6.45) is -7.97. The van der Waals surface area contributed by atoms with E-state index in [1.807, 2.05) is 60.7 Å². The molecule has 0 spiro atoms. The Balaban J connectivity index is 1.34. The topological polar surface area (TPSA) is 183 Å². The second kappa shape index (κ2) is 18.4. The van der Waals surface area contributed by atoms with Gasteiger partial charge < -0.3 is 38.0 Å². The molecule has 1 saturated heterocycles. The van der Waals surface area contributed by atoms with E-state index in [2.05, 4.69) is 20.8 Å². The van der Waals surface area contributed by atoms with Crippen LogP contribution >= 0.6 is 0 Å². The molecule has 0 aromatic heterocycles. The van der Waals surface area contributed by atoms with Gasteiger partial charge in [0.15, 0.2) is 25.8 Å². The van der Waals surface area contributed by atoms with E-state index in [1.165, 1.54) is 13.8 Å². The number of ketones is 1. The standard InChI is InChI=1S/C53H63NO13Si/c1-10-68(11-2,12-3)67-38-28-39-52(30-61-39,66-33(6)56)44-46(65-48(58)36-26-20-15-21-27-36)53(60)29-37(31(4)40(50(53,7)8)42(62-32(5)55)45(57)51(38,44)9)63-49(59)43-41(34-22-16-13-17-23-34)54-47(64-43)35-24-18-14-19-25-35/h13-27,37-39,41-44,46,60H,10-12,28-30H2,1-9H3/t37-,38-,39+,41-,42+,43+,44-,46-,51+,52-,53+/m0/s1. The van der Waals surface area contributed by atoms with Gasteiger partial charge in [-0.3, -0.25) is 14.4 Å². The predicted molar refractivity (Wildman–Crippen MR) is 252 cm³/mol. The van der Waals surface area contributed by atoms with E-state index in [0.717, 1.165) is 0 Å². The van der Waals surface area contributed by atoms with E-state index in [9.17, 15) is 24.3 Å². The summed E-state index contributed by atoms with van der Waals surface area (Å²) in [7, 11) is -2.60. The van der Waals surface area contributed by atoms with Crippen molar-refractivity contribution < 1.29 is 61.9 Å². The maximum Gasteiger partial charge on any atom is 0.350 e. The number of aliphatic imine (C=N–C) groups is 1. The summed E-state index contributed by atoms with van der Waals surface area (Å²) < 4.78 is 45.8. The van der Waals surface area contributed by atoms with Gasteiger partial charge in [-0.15, -0.1) is 0 Å².